The summed E-state index contributed by atoms with van der Waals surface area (Å²) in [5.41, 5.74) is 2.35. The fourth-order valence-corrected chi connectivity index (χ4v) is 6.60. The van der Waals surface area contributed by atoms with E-state index in [9.17, 15) is 18.3 Å². The van der Waals surface area contributed by atoms with Gasteiger partial charge >= 0.3 is 5.97 Å². The molecule has 2 aromatic rings. The molecule has 0 amide bonds. The van der Waals surface area contributed by atoms with Crippen LogP contribution in [0.5, 0.6) is 0 Å². The van der Waals surface area contributed by atoms with Crippen molar-refractivity contribution in [2.24, 2.45) is 5.41 Å². The Morgan fingerprint density at radius 1 is 1.16 bits per heavy atom. The third kappa shape index (κ3) is 3.80. The van der Waals surface area contributed by atoms with E-state index < -0.39 is 21.4 Å². The van der Waals surface area contributed by atoms with E-state index >= 15 is 0 Å². The normalized spacial score (nSPS) is 24.2. The number of fused-ring (bicyclic) bond motifs is 1. The van der Waals surface area contributed by atoms with Crippen LogP contribution in [0.25, 0.3) is 0 Å². The first kappa shape index (κ1) is 21.4. The Hall–Kier alpha value is -2.42. The standard InChI is InChI=1S/C24H29N3O4S/c28-23(29)24(9-11-25-12-10-24)16-26-21-15-20(21)17-6-7-22-18(14-17)8-13-27(22)32(30,31)19-4-2-1-3-5-19/h1-7,14,20-21,25-26H,8-13,15-16H2,(H,28,29)/t20-,21+/m0/s1. The summed E-state index contributed by atoms with van der Waals surface area (Å²) < 4.78 is 27.6. The third-order valence-electron chi connectivity index (χ3n) is 7.22. The monoisotopic (exact) mass is 455 g/mol. The van der Waals surface area contributed by atoms with Crippen LogP contribution in [0.4, 0.5) is 5.69 Å². The van der Waals surface area contributed by atoms with Gasteiger partial charge in [0.05, 0.1) is 16.0 Å². The molecule has 5 rings (SSSR count). The van der Waals surface area contributed by atoms with Crippen LogP contribution in [-0.4, -0.2) is 51.7 Å². The van der Waals surface area contributed by atoms with Gasteiger partial charge in [-0.15, -0.1) is 0 Å². The molecular weight excluding hydrogens is 426 g/mol. The number of sulfonamides is 1. The summed E-state index contributed by atoms with van der Waals surface area (Å²) in [6, 6.07) is 14.9. The van der Waals surface area contributed by atoms with E-state index in [1.807, 2.05) is 18.2 Å². The van der Waals surface area contributed by atoms with Gasteiger partial charge in [0.25, 0.3) is 10.0 Å². The van der Waals surface area contributed by atoms with E-state index in [1.54, 1.807) is 24.3 Å². The number of nitrogens with one attached hydrogen (secondary N) is 2. The second-order valence-electron chi connectivity index (χ2n) is 9.19. The summed E-state index contributed by atoms with van der Waals surface area (Å²) in [7, 11) is -3.56. The summed E-state index contributed by atoms with van der Waals surface area (Å²) in [5.74, 6) is -0.353. The van der Waals surface area contributed by atoms with Crippen LogP contribution < -0.4 is 14.9 Å². The van der Waals surface area contributed by atoms with Crippen molar-refractivity contribution in [3.63, 3.8) is 0 Å². The molecule has 3 aliphatic rings. The number of carboxylic acid groups (broad SMARTS) is 1. The summed E-state index contributed by atoms with van der Waals surface area (Å²) in [6.07, 6.45) is 2.99. The largest absolute Gasteiger partial charge is 0.481 e. The van der Waals surface area contributed by atoms with Crippen LogP contribution in [0.1, 0.15) is 36.3 Å². The first-order valence-electron chi connectivity index (χ1n) is 11.3. The van der Waals surface area contributed by atoms with E-state index in [4.69, 9.17) is 0 Å². The number of hydrogen-bond acceptors (Lipinski definition) is 5. The summed E-state index contributed by atoms with van der Waals surface area (Å²) >= 11 is 0. The van der Waals surface area contributed by atoms with Crippen LogP contribution in [0.15, 0.2) is 53.4 Å². The van der Waals surface area contributed by atoms with Crippen molar-refractivity contribution in [2.45, 2.75) is 42.5 Å². The van der Waals surface area contributed by atoms with Crippen LogP contribution >= 0.6 is 0 Å². The molecule has 3 N–H and O–H groups in total. The van der Waals surface area contributed by atoms with Crippen LogP contribution in [-0.2, 0) is 21.2 Å². The molecule has 2 heterocycles. The van der Waals surface area contributed by atoms with Gasteiger partial charge in [-0.3, -0.25) is 9.10 Å². The lowest BCUT2D eigenvalue weighted by Gasteiger charge is -2.33. The van der Waals surface area contributed by atoms with Crippen molar-refractivity contribution >= 4 is 21.7 Å². The number of aliphatic carboxylic acids is 1. The predicted octanol–water partition coefficient (Wildman–Crippen LogP) is 2.34. The Labute approximate surface area is 188 Å². The van der Waals surface area contributed by atoms with Crippen LogP contribution in [0.3, 0.4) is 0 Å². The molecule has 0 radical (unpaired) electrons. The van der Waals surface area contributed by atoms with Gasteiger partial charge in [-0.2, -0.15) is 0 Å². The van der Waals surface area contributed by atoms with Gasteiger partial charge in [-0.1, -0.05) is 30.3 Å². The second kappa shape index (κ2) is 8.17. The maximum absolute atomic E-state index is 13.1. The molecule has 0 aromatic heterocycles. The fourth-order valence-electron chi connectivity index (χ4n) is 5.08. The van der Waals surface area contributed by atoms with E-state index in [2.05, 4.69) is 16.7 Å². The highest BCUT2D eigenvalue weighted by Gasteiger charge is 2.44. The average Bonchev–Trinajstić information content (AvgIpc) is 3.47. The van der Waals surface area contributed by atoms with Crippen LogP contribution in [0.2, 0.25) is 0 Å². The molecule has 0 spiro atoms. The highest BCUT2D eigenvalue weighted by atomic mass is 32.2. The zero-order chi connectivity index (χ0) is 22.3. The predicted molar refractivity (Wildman–Crippen MR) is 122 cm³/mol. The molecule has 8 heteroatoms. The molecule has 2 atom stereocenters. The Morgan fingerprint density at radius 2 is 1.91 bits per heavy atom. The lowest BCUT2D eigenvalue weighted by atomic mass is 9.79. The molecule has 32 heavy (non-hydrogen) atoms. The average molecular weight is 456 g/mol. The van der Waals surface area contributed by atoms with E-state index in [0.29, 0.717) is 43.2 Å². The number of carboxylic acids is 1. The minimum absolute atomic E-state index is 0.282. The molecule has 170 valence electrons. The minimum atomic E-state index is -3.56. The number of nitrogens with zero attached hydrogens (tertiary/aromatic N) is 1. The number of anilines is 1. The van der Waals surface area contributed by atoms with Gasteiger partial charge in [0, 0.05) is 25.0 Å². The summed E-state index contributed by atoms with van der Waals surface area (Å²) in [6.45, 7) is 2.45. The summed E-state index contributed by atoms with van der Waals surface area (Å²) in [5, 5.41) is 16.5. The number of rotatable bonds is 7. The molecule has 1 saturated heterocycles. The van der Waals surface area contributed by atoms with E-state index in [-0.39, 0.29) is 6.04 Å². The number of hydrogen-bond donors (Lipinski definition) is 3. The fraction of sp³-hybridized carbons (Fsp3) is 0.458. The Balaban J connectivity index is 1.27. The van der Waals surface area contributed by atoms with Crippen molar-refractivity contribution < 1.29 is 18.3 Å². The van der Waals surface area contributed by atoms with Crippen molar-refractivity contribution in [1.29, 1.82) is 0 Å². The van der Waals surface area contributed by atoms with Gasteiger partial charge in [0.1, 0.15) is 0 Å². The highest BCUT2D eigenvalue weighted by molar-refractivity contribution is 7.92. The lowest BCUT2D eigenvalue weighted by Crippen LogP contribution is -2.48. The SMILES string of the molecule is O=C(O)C1(CN[C@@H]2C[C@H]2c2ccc3c(c2)CCN3S(=O)(=O)c2ccccc2)CCNCC1. The molecule has 2 aliphatic heterocycles. The second-order valence-corrected chi connectivity index (χ2v) is 11.1. The number of benzene rings is 2. The topological polar surface area (TPSA) is 98.7 Å². The smallest absolute Gasteiger partial charge is 0.311 e. The molecule has 1 saturated carbocycles. The van der Waals surface area contributed by atoms with Gasteiger partial charge in [-0.25, -0.2) is 8.42 Å². The van der Waals surface area contributed by atoms with E-state index in [0.717, 1.165) is 30.8 Å². The molecule has 2 aromatic carbocycles. The van der Waals surface area contributed by atoms with Crippen molar-refractivity contribution in [2.75, 3.05) is 30.5 Å². The first-order valence-corrected chi connectivity index (χ1v) is 12.7. The Morgan fingerprint density at radius 3 is 2.62 bits per heavy atom. The first-order chi connectivity index (χ1) is 15.4. The maximum Gasteiger partial charge on any atom is 0.311 e. The third-order valence-corrected chi connectivity index (χ3v) is 9.05. The zero-order valence-corrected chi connectivity index (χ0v) is 18.8. The quantitative estimate of drug-likeness (QED) is 0.593. The molecular formula is C24H29N3O4S. The molecule has 2 fully saturated rings. The Kier molecular flexibility index (Phi) is 5.47. The van der Waals surface area contributed by atoms with Gasteiger partial charge < -0.3 is 15.7 Å². The van der Waals surface area contributed by atoms with Crippen LogP contribution in [0, 0.1) is 5.41 Å². The maximum atomic E-state index is 13.1. The lowest BCUT2D eigenvalue weighted by molar-refractivity contribution is -0.150. The highest BCUT2D eigenvalue weighted by Crippen LogP contribution is 2.44. The van der Waals surface area contributed by atoms with Gasteiger partial charge in [0.15, 0.2) is 0 Å². The number of carbonyl (C=O) groups is 1. The molecule has 0 unspecified atom stereocenters. The Bertz CT molecular complexity index is 1110. The zero-order valence-electron chi connectivity index (χ0n) is 18.0. The van der Waals surface area contributed by atoms with Crippen molar-refractivity contribution in [1.82, 2.24) is 10.6 Å². The number of piperidine rings is 1. The molecule has 0 bridgehead atoms. The molecule has 1 aliphatic carbocycles. The van der Waals surface area contributed by atoms with Crippen molar-refractivity contribution in [3.8, 4) is 0 Å². The van der Waals surface area contributed by atoms with Gasteiger partial charge in [0.2, 0.25) is 0 Å². The molecule has 7 nitrogen and oxygen atoms in total. The summed E-state index contributed by atoms with van der Waals surface area (Å²) in [4.78, 5) is 12.2. The van der Waals surface area contributed by atoms with Crippen molar-refractivity contribution in [3.05, 3.63) is 59.7 Å². The minimum Gasteiger partial charge on any atom is -0.481 e. The van der Waals surface area contributed by atoms with Gasteiger partial charge in [-0.05, 0) is 68.1 Å². The van der Waals surface area contributed by atoms with E-state index in [1.165, 1.54) is 9.87 Å².